The van der Waals surface area contributed by atoms with Gasteiger partial charge < -0.3 is 19.7 Å². The molecule has 1 aromatic heterocycles. The first-order valence-electron chi connectivity index (χ1n) is 10.5. The minimum absolute atomic E-state index is 0.0523. The number of aromatic nitrogens is 2. The van der Waals surface area contributed by atoms with E-state index in [2.05, 4.69) is 56.0 Å². The van der Waals surface area contributed by atoms with E-state index in [0.29, 0.717) is 12.1 Å². The number of benzene rings is 2. The zero-order valence-electron chi connectivity index (χ0n) is 17.7. The Labute approximate surface area is 178 Å². The smallest absolute Gasteiger partial charge is 0.251 e. The number of likely N-dealkylation sites (N-methyl/N-ethyl adjacent to an activating group) is 1. The standard InChI is InChI=1S/C24H29N5O/c1-19-25-11-12-29(19)18-21-3-7-22(8-4-21)24(30)26-17-20-5-9-23(10-6-20)28-15-13-27(2)14-16-28/h3-12H,13-18H2,1-2H3,(H,26,30). The second kappa shape index (κ2) is 9.13. The van der Waals surface area contributed by atoms with Crippen molar-refractivity contribution in [3.05, 3.63) is 83.4 Å². The van der Waals surface area contributed by atoms with Gasteiger partial charge in [0.2, 0.25) is 0 Å². The van der Waals surface area contributed by atoms with Crippen LogP contribution in [-0.4, -0.2) is 53.6 Å². The number of aryl methyl sites for hydroxylation is 1. The molecular formula is C24H29N5O. The van der Waals surface area contributed by atoms with E-state index >= 15 is 0 Å². The summed E-state index contributed by atoms with van der Waals surface area (Å²) in [5, 5.41) is 3.02. The van der Waals surface area contributed by atoms with Gasteiger partial charge in [-0.25, -0.2) is 4.98 Å². The summed E-state index contributed by atoms with van der Waals surface area (Å²) in [6, 6.07) is 16.3. The molecule has 0 unspecified atom stereocenters. The molecule has 156 valence electrons. The normalized spacial score (nSPS) is 14.7. The van der Waals surface area contributed by atoms with Gasteiger partial charge in [0, 0.05) is 62.9 Å². The van der Waals surface area contributed by atoms with E-state index in [-0.39, 0.29) is 5.91 Å². The summed E-state index contributed by atoms with van der Waals surface area (Å²) in [5.74, 6) is 0.930. The Morgan fingerprint density at radius 3 is 2.27 bits per heavy atom. The first-order chi connectivity index (χ1) is 14.6. The van der Waals surface area contributed by atoms with Crippen molar-refractivity contribution in [1.29, 1.82) is 0 Å². The van der Waals surface area contributed by atoms with Crippen LogP contribution in [0.2, 0.25) is 0 Å². The molecule has 2 aromatic carbocycles. The van der Waals surface area contributed by atoms with Crippen molar-refractivity contribution in [2.75, 3.05) is 38.1 Å². The molecule has 0 radical (unpaired) electrons. The fraction of sp³-hybridized carbons (Fsp3) is 0.333. The number of nitrogens with zero attached hydrogens (tertiary/aromatic N) is 4. The maximum Gasteiger partial charge on any atom is 0.251 e. The van der Waals surface area contributed by atoms with Crippen LogP contribution in [0.5, 0.6) is 0 Å². The van der Waals surface area contributed by atoms with Gasteiger partial charge in [0.25, 0.3) is 5.91 Å². The lowest BCUT2D eigenvalue weighted by molar-refractivity contribution is 0.0951. The van der Waals surface area contributed by atoms with E-state index < -0.39 is 0 Å². The van der Waals surface area contributed by atoms with Crippen LogP contribution < -0.4 is 10.2 Å². The highest BCUT2D eigenvalue weighted by molar-refractivity contribution is 5.94. The molecule has 6 heteroatoms. The molecule has 1 saturated heterocycles. The molecule has 1 aliphatic heterocycles. The van der Waals surface area contributed by atoms with Crippen molar-refractivity contribution in [2.45, 2.75) is 20.0 Å². The van der Waals surface area contributed by atoms with E-state index in [4.69, 9.17) is 0 Å². The average Bonchev–Trinajstić information content (AvgIpc) is 3.18. The zero-order valence-corrected chi connectivity index (χ0v) is 17.7. The van der Waals surface area contributed by atoms with Crippen molar-refractivity contribution in [3.8, 4) is 0 Å². The zero-order chi connectivity index (χ0) is 20.9. The van der Waals surface area contributed by atoms with Gasteiger partial charge in [-0.1, -0.05) is 24.3 Å². The monoisotopic (exact) mass is 403 g/mol. The van der Waals surface area contributed by atoms with Crippen LogP contribution in [0.15, 0.2) is 60.9 Å². The number of hydrogen-bond donors (Lipinski definition) is 1. The second-order valence-corrected chi connectivity index (χ2v) is 7.94. The molecule has 6 nitrogen and oxygen atoms in total. The maximum absolute atomic E-state index is 12.5. The molecule has 2 heterocycles. The quantitative estimate of drug-likeness (QED) is 0.688. The lowest BCUT2D eigenvalue weighted by atomic mass is 10.1. The molecule has 4 rings (SSSR count). The van der Waals surface area contributed by atoms with Crippen molar-refractivity contribution in [1.82, 2.24) is 19.8 Å². The highest BCUT2D eigenvalue weighted by atomic mass is 16.1. The third kappa shape index (κ3) is 4.89. The number of anilines is 1. The minimum atomic E-state index is -0.0523. The maximum atomic E-state index is 12.5. The fourth-order valence-corrected chi connectivity index (χ4v) is 3.70. The SMILES string of the molecule is Cc1nccn1Cc1ccc(C(=O)NCc2ccc(N3CCN(C)CC3)cc2)cc1. The molecule has 30 heavy (non-hydrogen) atoms. The summed E-state index contributed by atoms with van der Waals surface area (Å²) < 4.78 is 2.08. The minimum Gasteiger partial charge on any atom is -0.369 e. The third-order valence-electron chi connectivity index (χ3n) is 5.75. The van der Waals surface area contributed by atoms with E-state index in [1.165, 1.54) is 5.69 Å². The van der Waals surface area contributed by atoms with Crippen LogP contribution in [0.4, 0.5) is 5.69 Å². The highest BCUT2D eigenvalue weighted by Crippen LogP contribution is 2.17. The number of amides is 1. The van der Waals surface area contributed by atoms with Gasteiger partial charge in [0.05, 0.1) is 0 Å². The van der Waals surface area contributed by atoms with Crippen LogP contribution in [0.25, 0.3) is 0 Å². The molecule has 1 aliphatic rings. The molecule has 1 amide bonds. The summed E-state index contributed by atoms with van der Waals surface area (Å²) in [6.07, 6.45) is 3.76. The van der Waals surface area contributed by atoms with E-state index in [1.807, 2.05) is 37.4 Å². The largest absolute Gasteiger partial charge is 0.369 e. The van der Waals surface area contributed by atoms with Crippen LogP contribution in [0.1, 0.15) is 27.3 Å². The molecule has 1 N–H and O–H groups in total. The van der Waals surface area contributed by atoms with Gasteiger partial charge in [-0.2, -0.15) is 0 Å². The summed E-state index contributed by atoms with van der Waals surface area (Å²) in [6.45, 7) is 7.58. The van der Waals surface area contributed by atoms with Crippen LogP contribution in [0.3, 0.4) is 0 Å². The van der Waals surface area contributed by atoms with Crippen LogP contribution in [0, 0.1) is 6.92 Å². The van der Waals surface area contributed by atoms with Crippen LogP contribution >= 0.6 is 0 Å². The Hall–Kier alpha value is -3.12. The van der Waals surface area contributed by atoms with Gasteiger partial charge >= 0.3 is 0 Å². The van der Waals surface area contributed by atoms with Gasteiger partial charge in [-0.15, -0.1) is 0 Å². The predicted molar refractivity (Wildman–Crippen MR) is 120 cm³/mol. The Balaban J connectivity index is 1.29. The van der Waals surface area contributed by atoms with Gasteiger partial charge in [-0.05, 0) is 49.4 Å². The average molecular weight is 404 g/mol. The van der Waals surface area contributed by atoms with Gasteiger partial charge in [-0.3, -0.25) is 4.79 Å². The fourth-order valence-electron chi connectivity index (χ4n) is 3.70. The van der Waals surface area contributed by atoms with E-state index in [9.17, 15) is 4.79 Å². The molecule has 0 saturated carbocycles. The number of hydrogen-bond acceptors (Lipinski definition) is 4. The Kier molecular flexibility index (Phi) is 6.14. The predicted octanol–water partition coefficient (Wildman–Crippen LogP) is 2.92. The summed E-state index contributed by atoms with van der Waals surface area (Å²) in [7, 11) is 2.16. The second-order valence-electron chi connectivity index (χ2n) is 7.94. The molecule has 0 aliphatic carbocycles. The molecule has 0 bridgehead atoms. The summed E-state index contributed by atoms with van der Waals surface area (Å²) in [5.41, 5.74) is 4.18. The number of piperazine rings is 1. The highest BCUT2D eigenvalue weighted by Gasteiger charge is 2.14. The third-order valence-corrected chi connectivity index (χ3v) is 5.75. The Morgan fingerprint density at radius 2 is 1.63 bits per heavy atom. The number of carbonyl (C=O) groups excluding carboxylic acids is 1. The van der Waals surface area contributed by atoms with Gasteiger partial charge in [0.1, 0.15) is 5.82 Å². The van der Waals surface area contributed by atoms with Crippen molar-refractivity contribution in [3.63, 3.8) is 0 Å². The topological polar surface area (TPSA) is 53.4 Å². The van der Waals surface area contributed by atoms with Crippen molar-refractivity contribution >= 4 is 11.6 Å². The van der Waals surface area contributed by atoms with Crippen molar-refractivity contribution in [2.24, 2.45) is 0 Å². The van der Waals surface area contributed by atoms with E-state index in [1.54, 1.807) is 6.20 Å². The number of imidazole rings is 1. The molecular weight excluding hydrogens is 374 g/mol. The number of rotatable bonds is 6. The molecule has 0 spiro atoms. The number of nitrogens with one attached hydrogen (secondary N) is 1. The first kappa shape index (κ1) is 20.2. The summed E-state index contributed by atoms with van der Waals surface area (Å²) >= 11 is 0. The Morgan fingerprint density at radius 1 is 0.967 bits per heavy atom. The molecule has 1 fully saturated rings. The first-order valence-corrected chi connectivity index (χ1v) is 10.5. The molecule has 0 atom stereocenters. The lowest BCUT2D eigenvalue weighted by Gasteiger charge is -2.34. The van der Waals surface area contributed by atoms with Gasteiger partial charge in [0.15, 0.2) is 0 Å². The van der Waals surface area contributed by atoms with E-state index in [0.717, 1.165) is 49.7 Å². The lowest BCUT2D eigenvalue weighted by Crippen LogP contribution is -2.44. The molecule has 3 aromatic rings. The van der Waals surface area contributed by atoms with Crippen LogP contribution in [-0.2, 0) is 13.1 Å². The Bertz CT molecular complexity index is 970. The summed E-state index contributed by atoms with van der Waals surface area (Å²) in [4.78, 5) is 21.5. The van der Waals surface area contributed by atoms with Crippen molar-refractivity contribution < 1.29 is 4.79 Å². The number of carbonyl (C=O) groups is 1.